The first-order chi connectivity index (χ1) is 11.5. The number of likely N-dealkylation sites (tertiary alicyclic amines) is 1. The molecule has 1 aliphatic heterocycles. The Labute approximate surface area is 147 Å². The van der Waals surface area contributed by atoms with Crippen molar-refractivity contribution in [3.8, 4) is 0 Å². The van der Waals surface area contributed by atoms with Crippen molar-refractivity contribution in [2.75, 3.05) is 13.1 Å². The lowest BCUT2D eigenvalue weighted by atomic mass is 9.82. The van der Waals surface area contributed by atoms with E-state index in [-0.39, 0.29) is 17.9 Å². The largest absolute Gasteiger partial charge is 0.478 e. The summed E-state index contributed by atoms with van der Waals surface area (Å²) in [6, 6.07) is 7.04. The van der Waals surface area contributed by atoms with E-state index in [1.165, 1.54) is 31.8 Å². The maximum absolute atomic E-state index is 12.6. The first-order valence-corrected chi connectivity index (χ1v) is 8.88. The number of amides is 1. The first kappa shape index (κ1) is 17.0. The van der Waals surface area contributed by atoms with Gasteiger partial charge in [-0.3, -0.25) is 4.79 Å². The lowest BCUT2D eigenvalue weighted by Gasteiger charge is -2.22. The summed E-state index contributed by atoms with van der Waals surface area (Å²) in [7, 11) is 0. The lowest BCUT2D eigenvalue weighted by molar-refractivity contribution is -0.136. The van der Waals surface area contributed by atoms with E-state index in [0.717, 1.165) is 13.1 Å². The number of carboxylic acid groups (broad SMARTS) is 1. The summed E-state index contributed by atoms with van der Waals surface area (Å²) in [6.07, 6.45) is 6.29. The number of hydrogen-bond donors (Lipinski definition) is 1. The second-order valence-electron chi connectivity index (χ2n) is 6.78. The molecule has 4 nitrogen and oxygen atoms in total. The molecular formula is C19H22ClNO3. The Morgan fingerprint density at radius 1 is 1.17 bits per heavy atom. The third kappa shape index (κ3) is 3.81. The molecular weight excluding hydrogens is 326 g/mol. The molecule has 1 saturated heterocycles. The zero-order valence-electron chi connectivity index (χ0n) is 13.6. The van der Waals surface area contributed by atoms with Crippen LogP contribution in [0.5, 0.6) is 0 Å². The van der Waals surface area contributed by atoms with Crippen LogP contribution in [0, 0.1) is 11.8 Å². The number of nitrogens with zero attached hydrogens (tertiary/aromatic N) is 1. The highest BCUT2D eigenvalue weighted by molar-refractivity contribution is 6.32. The van der Waals surface area contributed by atoms with Crippen LogP contribution in [-0.4, -0.2) is 35.0 Å². The molecule has 2 fully saturated rings. The van der Waals surface area contributed by atoms with Crippen molar-refractivity contribution in [1.29, 1.82) is 0 Å². The number of aliphatic carboxylic acids is 1. The van der Waals surface area contributed by atoms with Crippen molar-refractivity contribution in [2.45, 2.75) is 32.1 Å². The molecule has 0 bridgehead atoms. The molecule has 128 valence electrons. The molecule has 2 aliphatic rings. The summed E-state index contributed by atoms with van der Waals surface area (Å²) in [5.41, 5.74) is 0.711. The van der Waals surface area contributed by atoms with Gasteiger partial charge in [0, 0.05) is 23.7 Å². The van der Waals surface area contributed by atoms with Crippen LogP contribution < -0.4 is 0 Å². The Kier molecular flexibility index (Phi) is 5.24. The van der Waals surface area contributed by atoms with Crippen LogP contribution in [0.25, 0.3) is 6.08 Å². The number of rotatable bonds is 4. The fourth-order valence-electron chi connectivity index (χ4n) is 3.85. The van der Waals surface area contributed by atoms with Crippen molar-refractivity contribution >= 4 is 29.6 Å². The van der Waals surface area contributed by atoms with Crippen molar-refractivity contribution in [3.63, 3.8) is 0 Å². The third-order valence-electron chi connectivity index (χ3n) is 5.18. The molecule has 1 saturated carbocycles. The highest BCUT2D eigenvalue weighted by Gasteiger charge is 2.36. The number of fused-ring (bicyclic) bond motifs is 1. The summed E-state index contributed by atoms with van der Waals surface area (Å²) in [4.78, 5) is 26.0. The van der Waals surface area contributed by atoms with Gasteiger partial charge in [-0.1, -0.05) is 42.6 Å². The Hall–Kier alpha value is -1.81. The number of carboxylic acids is 1. The van der Waals surface area contributed by atoms with E-state index in [0.29, 0.717) is 22.4 Å². The maximum Gasteiger partial charge on any atom is 0.332 e. The fraction of sp³-hybridized carbons (Fsp3) is 0.474. The third-order valence-corrected chi connectivity index (χ3v) is 5.52. The molecule has 1 aromatic rings. The summed E-state index contributed by atoms with van der Waals surface area (Å²) in [5.74, 6) is 0.0389. The summed E-state index contributed by atoms with van der Waals surface area (Å²) in [6.45, 7) is 1.56. The molecule has 1 amide bonds. The molecule has 0 unspecified atom stereocenters. The zero-order valence-corrected chi connectivity index (χ0v) is 14.3. The number of benzene rings is 1. The fourth-order valence-corrected chi connectivity index (χ4v) is 4.04. The lowest BCUT2D eigenvalue weighted by Crippen LogP contribution is -2.29. The average Bonchev–Trinajstić information content (AvgIpc) is 3.00. The minimum atomic E-state index is -1.07. The monoisotopic (exact) mass is 347 g/mol. The van der Waals surface area contributed by atoms with Crippen LogP contribution in [0.4, 0.5) is 0 Å². The van der Waals surface area contributed by atoms with Gasteiger partial charge in [-0.25, -0.2) is 4.79 Å². The van der Waals surface area contributed by atoms with Crippen molar-refractivity contribution in [3.05, 3.63) is 40.4 Å². The molecule has 1 aromatic carbocycles. The van der Waals surface area contributed by atoms with Crippen molar-refractivity contribution in [2.24, 2.45) is 11.8 Å². The molecule has 1 heterocycles. The Balaban J connectivity index is 1.71. The number of carbonyl (C=O) groups is 2. The van der Waals surface area contributed by atoms with E-state index in [4.69, 9.17) is 11.6 Å². The summed E-state index contributed by atoms with van der Waals surface area (Å²) in [5, 5.41) is 9.92. The number of hydrogen-bond acceptors (Lipinski definition) is 2. The maximum atomic E-state index is 12.6. The molecule has 0 radical (unpaired) electrons. The van der Waals surface area contributed by atoms with Gasteiger partial charge in [0.25, 0.3) is 0 Å². The first-order valence-electron chi connectivity index (χ1n) is 8.51. The summed E-state index contributed by atoms with van der Waals surface area (Å²) >= 11 is 6.09. The van der Waals surface area contributed by atoms with Gasteiger partial charge in [0.15, 0.2) is 0 Å². The summed E-state index contributed by atoms with van der Waals surface area (Å²) < 4.78 is 0. The SMILES string of the molecule is O=C(O)/C(=C/c1ccccc1Cl)CC(=O)N1C[C@H]2CCCC[C@H]2C1. The average molecular weight is 348 g/mol. The molecule has 5 heteroatoms. The van der Waals surface area contributed by atoms with Crippen LogP contribution in [0.3, 0.4) is 0 Å². The molecule has 24 heavy (non-hydrogen) atoms. The van der Waals surface area contributed by atoms with Crippen LogP contribution >= 0.6 is 11.6 Å². The second-order valence-corrected chi connectivity index (χ2v) is 7.18. The quantitative estimate of drug-likeness (QED) is 0.842. The van der Waals surface area contributed by atoms with Gasteiger partial charge in [-0.15, -0.1) is 0 Å². The van der Waals surface area contributed by atoms with Crippen LogP contribution in [0.2, 0.25) is 5.02 Å². The predicted octanol–water partition coefficient (Wildman–Crippen LogP) is 3.85. The molecule has 0 spiro atoms. The van der Waals surface area contributed by atoms with Gasteiger partial charge >= 0.3 is 5.97 Å². The zero-order chi connectivity index (χ0) is 17.1. The van der Waals surface area contributed by atoms with E-state index in [9.17, 15) is 14.7 Å². The number of carbonyl (C=O) groups excluding carboxylic acids is 1. The Morgan fingerprint density at radius 2 is 1.79 bits per heavy atom. The van der Waals surface area contributed by atoms with Crippen molar-refractivity contribution in [1.82, 2.24) is 4.90 Å². The van der Waals surface area contributed by atoms with Gasteiger partial charge < -0.3 is 10.0 Å². The molecule has 0 aromatic heterocycles. The van der Waals surface area contributed by atoms with Crippen molar-refractivity contribution < 1.29 is 14.7 Å². The minimum absolute atomic E-state index is 0.0833. The predicted molar refractivity (Wildman–Crippen MR) is 93.7 cm³/mol. The van der Waals surface area contributed by atoms with Crippen LogP contribution in [0.15, 0.2) is 29.8 Å². The van der Waals surface area contributed by atoms with Gasteiger partial charge in [0.2, 0.25) is 5.91 Å². The van der Waals surface area contributed by atoms with E-state index in [2.05, 4.69) is 0 Å². The van der Waals surface area contributed by atoms with Crippen LogP contribution in [0.1, 0.15) is 37.7 Å². The minimum Gasteiger partial charge on any atom is -0.478 e. The van der Waals surface area contributed by atoms with E-state index in [1.807, 2.05) is 4.90 Å². The smallest absolute Gasteiger partial charge is 0.332 e. The molecule has 1 aliphatic carbocycles. The highest BCUT2D eigenvalue weighted by atomic mass is 35.5. The Morgan fingerprint density at radius 3 is 2.38 bits per heavy atom. The Bertz CT molecular complexity index is 656. The van der Waals surface area contributed by atoms with E-state index in [1.54, 1.807) is 24.3 Å². The number of halogens is 1. The van der Waals surface area contributed by atoms with Gasteiger partial charge in [0.1, 0.15) is 0 Å². The van der Waals surface area contributed by atoms with Gasteiger partial charge in [0.05, 0.1) is 6.42 Å². The van der Waals surface area contributed by atoms with E-state index >= 15 is 0 Å². The molecule has 1 N–H and O–H groups in total. The second kappa shape index (κ2) is 7.39. The standard InChI is InChI=1S/C19H22ClNO3/c20-17-8-4-3-5-13(17)9-16(19(23)24)10-18(22)21-11-14-6-1-2-7-15(14)12-21/h3-5,8-9,14-15H,1-2,6-7,10-12H2,(H,23,24)/b16-9+/t14-,15+. The van der Waals surface area contributed by atoms with Crippen LogP contribution in [-0.2, 0) is 9.59 Å². The molecule has 2 atom stereocenters. The topological polar surface area (TPSA) is 57.6 Å². The normalized spacial score (nSPS) is 23.9. The van der Waals surface area contributed by atoms with Gasteiger partial charge in [-0.2, -0.15) is 0 Å². The highest BCUT2D eigenvalue weighted by Crippen LogP contribution is 2.36. The molecule has 3 rings (SSSR count). The van der Waals surface area contributed by atoms with E-state index < -0.39 is 5.97 Å². The van der Waals surface area contributed by atoms with Gasteiger partial charge in [-0.05, 0) is 42.4 Å².